The van der Waals surface area contributed by atoms with Gasteiger partial charge < -0.3 is 24.8 Å². The zero-order chi connectivity index (χ0) is 29.4. The fraction of sp³-hybridized carbons (Fsp3) is 0.607. The number of carbonyl (C=O) groups is 5. The Morgan fingerprint density at radius 1 is 1.08 bits per heavy atom. The van der Waals surface area contributed by atoms with Crippen LogP contribution in [0.25, 0.3) is 0 Å². The minimum Gasteiger partial charge on any atom is -0.469 e. The van der Waals surface area contributed by atoms with Gasteiger partial charge in [0.1, 0.15) is 17.9 Å². The van der Waals surface area contributed by atoms with Crippen molar-refractivity contribution in [3.63, 3.8) is 0 Å². The minimum absolute atomic E-state index is 0.0725. The van der Waals surface area contributed by atoms with Crippen LogP contribution in [0, 0.1) is 0 Å². The molecule has 1 amide bonds. The molecular weight excluding hydrogens is 506 g/mol. The molecule has 2 atom stereocenters. The normalized spacial score (nSPS) is 18.8. The van der Waals surface area contributed by atoms with Crippen LogP contribution in [0.15, 0.2) is 24.3 Å². The zero-order valence-electron chi connectivity index (χ0n) is 23.8. The first-order valence-corrected chi connectivity index (χ1v) is 13.1. The molecule has 0 saturated carbocycles. The SMILES string of the molecule is CCCCN1CCN(CC(=O)OC(C)(C)C)C(=O)C1(CC(=O)OC)C(=O)[C@@H](N)Cc1ccc(OC(C)=O)cc1. The quantitative estimate of drug-likeness (QED) is 0.233. The number of hydrogen-bond acceptors (Lipinski definition) is 10. The number of amides is 1. The van der Waals surface area contributed by atoms with E-state index in [1.165, 1.54) is 18.9 Å². The van der Waals surface area contributed by atoms with E-state index in [1.807, 2.05) is 6.92 Å². The fourth-order valence-corrected chi connectivity index (χ4v) is 4.59. The van der Waals surface area contributed by atoms with Crippen LogP contribution in [-0.2, 0) is 39.9 Å². The average Bonchev–Trinajstić information content (AvgIpc) is 2.85. The Hall–Kier alpha value is -3.31. The Morgan fingerprint density at radius 2 is 1.72 bits per heavy atom. The van der Waals surface area contributed by atoms with Crippen molar-refractivity contribution in [1.29, 1.82) is 0 Å². The van der Waals surface area contributed by atoms with Crippen molar-refractivity contribution in [1.82, 2.24) is 9.80 Å². The average molecular weight is 548 g/mol. The smallest absolute Gasteiger partial charge is 0.326 e. The Balaban J connectivity index is 2.43. The highest BCUT2D eigenvalue weighted by molar-refractivity contribution is 6.15. The van der Waals surface area contributed by atoms with Crippen LogP contribution in [0.5, 0.6) is 5.75 Å². The zero-order valence-corrected chi connectivity index (χ0v) is 23.8. The molecule has 1 saturated heterocycles. The van der Waals surface area contributed by atoms with Crippen LogP contribution in [0.3, 0.4) is 0 Å². The van der Waals surface area contributed by atoms with Crippen molar-refractivity contribution in [2.45, 2.75) is 77.5 Å². The van der Waals surface area contributed by atoms with Crippen molar-refractivity contribution in [2.75, 3.05) is 33.3 Å². The molecule has 2 N–H and O–H groups in total. The van der Waals surface area contributed by atoms with E-state index in [4.69, 9.17) is 19.9 Å². The van der Waals surface area contributed by atoms with Gasteiger partial charge in [-0.2, -0.15) is 0 Å². The molecular formula is C28H41N3O8. The third-order valence-corrected chi connectivity index (χ3v) is 6.36. The number of ether oxygens (including phenoxy) is 3. The van der Waals surface area contributed by atoms with E-state index in [2.05, 4.69) is 0 Å². The summed E-state index contributed by atoms with van der Waals surface area (Å²) < 4.78 is 15.3. The lowest BCUT2D eigenvalue weighted by atomic mass is 9.79. The van der Waals surface area contributed by atoms with Crippen LogP contribution in [0.2, 0.25) is 0 Å². The van der Waals surface area contributed by atoms with Gasteiger partial charge in [-0.05, 0) is 57.9 Å². The summed E-state index contributed by atoms with van der Waals surface area (Å²) in [5.74, 6) is -2.78. The Labute approximate surface area is 229 Å². The molecule has 39 heavy (non-hydrogen) atoms. The van der Waals surface area contributed by atoms with Crippen LogP contribution in [0.4, 0.5) is 0 Å². The van der Waals surface area contributed by atoms with Crippen LogP contribution in [-0.4, -0.2) is 89.9 Å². The van der Waals surface area contributed by atoms with Crippen LogP contribution < -0.4 is 10.5 Å². The third kappa shape index (κ3) is 8.59. The molecule has 11 heteroatoms. The number of hydrogen-bond donors (Lipinski definition) is 1. The molecule has 1 aromatic rings. The van der Waals surface area contributed by atoms with E-state index in [1.54, 1.807) is 49.9 Å². The van der Waals surface area contributed by atoms with Crippen molar-refractivity contribution in [3.8, 4) is 5.75 Å². The number of unbranched alkanes of at least 4 members (excludes halogenated alkanes) is 1. The van der Waals surface area contributed by atoms with Crippen molar-refractivity contribution < 1.29 is 38.2 Å². The number of piperazine rings is 1. The summed E-state index contributed by atoms with van der Waals surface area (Å²) in [7, 11) is 1.19. The topological polar surface area (TPSA) is 146 Å². The summed E-state index contributed by atoms with van der Waals surface area (Å²) >= 11 is 0. The van der Waals surface area contributed by atoms with E-state index < -0.39 is 53.2 Å². The van der Waals surface area contributed by atoms with Gasteiger partial charge in [-0.1, -0.05) is 25.5 Å². The van der Waals surface area contributed by atoms with E-state index in [-0.39, 0.29) is 26.1 Å². The van der Waals surface area contributed by atoms with Gasteiger partial charge in [0, 0.05) is 20.0 Å². The molecule has 0 spiro atoms. The highest BCUT2D eigenvalue weighted by Gasteiger charge is 2.57. The second kappa shape index (κ2) is 13.7. The van der Waals surface area contributed by atoms with Crippen LogP contribution in [0.1, 0.15) is 59.4 Å². The molecule has 0 bridgehead atoms. The molecule has 1 unspecified atom stereocenters. The molecule has 1 heterocycles. The number of Topliss-reactive ketones (excluding diaryl/α,β-unsaturated/α-hetero) is 1. The summed E-state index contributed by atoms with van der Waals surface area (Å²) in [5.41, 5.74) is 4.40. The number of nitrogens with two attached hydrogens (primary N) is 1. The second-order valence-electron chi connectivity index (χ2n) is 10.7. The maximum absolute atomic E-state index is 14.1. The predicted octanol–water partition coefficient (Wildman–Crippen LogP) is 1.64. The van der Waals surface area contributed by atoms with Gasteiger partial charge in [0.05, 0.1) is 19.6 Å². The third-order valence-electron chi connectivity index (χ3n) is 6.36. The first-order chi connectivity index (χ1) is 18.2. The molecule has 1 fully saturated rings. The summed E-state index contributed by atoms with van der Waals surface area (Å²) in [6, 6.07) is 5.36. The molecule has 1 aromatic carbocycles. The highest BCUT2D eigenvalue weighted by Crippen LogP contribution is 2.31. The van der Waals surface area contributed by atoms with Gasteiger partial charge in [-0.15, -0.1) is 0 Å². The number of esters is 3. The minimum atomic E-state index is -1.93. The van der Waals surface area contributed by atoms with Gasteiger partial charge in [0.2, 0.25) is 0 Å². The highest BCUT2D eigenvalue weighted by atomic mass is 16.6. The summed E-state index contributed by atoms with van der Waals surface area (Å²) in [6.07, 6.45) is 1.02. The molecule has 0 aromatic heterocycles. The summed E-state index contributed by atoms with van der Waals surface area (Å²) in [5, 5.41) is 0. The number of methoxy groups -OCH3 is 1. The van der Waals surface area contributed by atoms with Gasteiger partial charge in [0.15, 0.2) is 11.3 Å². The van der Waals surface area contributed by atoms with Gasteiger partial charge in [0.25, 0.3) is 5.91 Å². The van der Waals surface area contributed by atoms with E-state index in [0.717, 1.165) is 6.42 Å². The van der Waals surface area contributed by atoms with E-state index in [0.29, 0.717) is 24.3 Å². The fourth-order valence-electron chi connectivity index (χ4n) is 4.59. The molecule has 1 aliphatic heterocycles. The maximum atomic E-state index is 14.1. The van der Waals surface area contributed by atoms with E-state index >= 15 is 0 Å². The number of nitrogens with zero attached hydrogens (tertiary/aromatic N) is 2. The molecule has 2 rings (SSSR count). The predicted molar refractivity (Wildman–Crippen MR) is 143 cm³/mol. The lowest BCUT2D eigenvalue weighted by Crippen LogP contribution is -2.73. The first kappa shape index (κ1) is 31.9. The molecule has 1 aliphatic rings. The maximum Gasteiger partial charge on any atom is 0.326 e. The number of benzene rings is 1. The number of rotatable bonds is 12. The molecule has 216 valence electrons. The molecule has 0 radical (unpaired) electrons. The van der Waals surface area contributed by atoms with Gasteiger partial charge in [-0.3, -0.25) is 28.9 Å². The van der Waals surface area contributed by atoms with Crippen molar-refractivity contribution in [2.24, 2.45) is 5.73 Å². The summed E-state index contributed by atoms with van der Waals surface area (Å²) in [4.78, 5) is 67.6. The summed E-state index contributed by atoms with van der Waals surface area (Å²) in [6.45, 7) is 8.91. The molecule has 0 aliphatic carbocycles. The largest absolute Gasteiger partial charge is 0.469 e. The van der Waals surface area contributed by atoms with Crippen LogP contribution >= 0.6 is 0 Å². The monoisotopic (exact) mass is 547 g/mol. The van der Waals surface area contributed by atoms with Crippen molar-refractivity contribution >= 4 is 29.6 Å². The standard InChI is InChI=1S/C28H41N3O8/c1-7-8-13-31-15-14-30(18-24(34)39-27(3,4)5)26(36)28(31,17-23(33)37-6)25(35)22(29)16-20-9-11-21(12-10-20)38-19(2)32/h9-12,22H,7-8,13-18,29H2,1-6H3/t22-,28?/m0/s1. The lowest BCUT2D eigenvalue weighted by Gasteiger charge is -2.48. The molecule has 11 nitrogen and oxygen atoms in total. The lowest BCUT2D eigenvalue weighted by molar-refractivity contribution is -0.171. The Bertz CT molecular complexity index is 1050. The van der Waals surface area contributed by atoms with Gasteiger partial charge >= 0.3 is 17.9 Å². The Kier molecular flexibility index (Phi) is 11.2. The van der Waals surface area contributed by atoms with Crippen molar-refractivity contribution in [3.05, 3.63) is 29.8 Å². The number of ketones is 1. The van der Waals surface area contributed by atoms with E-state index in [9.17, 15) is 24.0 Å². The number of carbonyl (C=O) groups excluding carboxylic acids is 5. The Morgan fingerprint density at radius 3 is 2.26 bits per heavy atom. The van der Waals surface area contributed by atoms with Gasteiger partial charge in [-0.25, -0.2) is 0 Å². The second-order valence-corrected chi connectivity index (χ2v) is 10.7. The first-order valence-electron chi connectivity index (χ1n) is 13.1.